The molecule has 0 aromatic heterocycles. The summed E-state index contributed by atoms with van der Waals surface area (Å²) in [5.41, 5.74) is 1.11. The molecule has 1 N–H and O–H groups in total. The van der Waals surface area contributed by atoms with E-state index in [1.165, 1.54) is 12.1 Å². The Balaban J connectivity index is 2.30. The molecule has 19 heavy (non-hydrogen) atoms. The van der Waals surface area contributed by atoms with Crippen molar-refractivity contribution in [3.05, 3.63) is 35.6 Å². The van der Waals surface area contributed by atoms with E-state index in [4.69, 9.17) is 8.85 Å². The van der Waals surface area contributed by atoms with Gasteiger partial charge < -0.3 is 13.6 Å². The minimum Gasteiger partial charge on any atom is -0.390 e. The first-order chi connectivity index (χ1) is 9.09. The van der Waals surface area contributed by atoms with E-state index in [9.17, 15) is 9.19 Å². The molecular weight excluding hydrogens is 263 g/mol. The maximum absolute atomic E-state index is 12.7. The van der Waals surface area contributed by atoms with Gasteiger partial charge in [-0.25, -0.2) is 4.39 Å². The topological polar surface area (TPSA) is 38.7 Å². The van der Waals surface area contributed by atoms with Crippen molar-refractivity contribution in [1.29, 1.82) is 0 Å². The predicted molar refractivity (Wildman–Crippen MR) is 75.4 cm³/mol. The van der Waals surface area contributed by atoms with Gasteiger partial charge in [-0.05, 0) is 50.8 Å². The van der Waals surface area contributed by atoms with Crippen molar-refractivity contribution in [1.82, 2.24) is 0 Å². The Morgan fingerprint density at radius 3 is 2.16 bits per heavy atom. The zero-order valence-electron chi connectivity index (χ0n) is 11.7. The van der Waals surface area contributed by atoms with Crippen LogP contribution in [0.1, 0.15) is 32.3 Å². The molecule has 0 saturated heterocycles. The second-order valence-corrected chi connectivity index (χ2v) is 6.92. The number of halogens is 1. The van der Waals surface area contributed by atoms with E-state index in [1.807, 2.05) is 13.8 Å². The quantitative estimate of drug-likeness (QED) is 0.560. The van der Waals surface area contributed by atoms with Gasteiger partial charge in [0.2, 0.25) is 0 Å². The summed E-state index contributed by atoms with van der Waals surface area (Å²) in [6, 6.07) is 7.12. The van der Waals surface area contributed by atoms with Crippen molar-refractivity contribution < 1.29 is 18.0 Å². The summed E-state index contributed by atoms with van der Waals surface area (Å²) >= 11 is 0. The molecule has 3 nitrogen and oxygen atoms in total. The van der Waals surface area contributed by atoms with E-state index in [0.29, 0.717) is 19.3 Å². The minimum atomic E-state index is -2.96. The van der Waals surface area contributed by atoms with E-state index in [0.717, 1.165) is 24.8 Å². The molecule has 0 unspecified atom stereocenters. The number of unbranched alkanes of at least 4 members (excludes halogenated alkanes) is 1. The van der Waals surface area contributed by atoms with Crippen molar-refractivity contribution in [2.24, 2.45) is 0 Å². The smallest absolute Gasteiger partial charge is 0.390 e. The fourth-order valence-electron chi connectivity index (χ4n) is 1.97. The number of hydrogen-bond donors (Lipinski definition) is 1. The van der Waals surface area contributed by atoms with E-state index in [-0.39, 0.29) is 5.82 Å². The minimum absolute atomic E-state index is 0.210. The van der Waals surface area contributed by atoms with Crippen molar-refractivity contribution >= 4 is 8.80 Å². The van der Waals surface area contributed by atoms with Crippen LogP contribution in [-0.4, -0.2) is 26.8 Å². The highest BCUT2D eigenvalue weighted by Crippen LogP contribution is 2.16. The lowest BCUT2D eigenvalue weighted by Crippen LogP contribution is -2.42. The normalized spacial score (nSPS) is 11.8. The number of hydrogen-bond acceptors (Lipinski definition) is 3. The van der Waals surface area contributed by atoms with Crippen LogP contribution in [0.5, 0.6) is 0 Å². The van der Waals surface area contributed by atoms with Crippen molar-refractivity contribution in [2.45, 2.75) is 39.2 Å². The first-order valence-corrected chi connectivity index (χ1v) is 8.81. The van der Waals surface area contributed by atoms with Crippen LogP contribution in [0.2, 0.25) is 6.04 Å². The molecule has 0 spiro atoms. The van der Waals surface area contributed by atoms with E-state index in [2.05, 4.69) is 0 Å². The van der Waals surface area contributed by atoms with Crippen LogP contribution in [0, 0.1) is 5.82 Å². The van der Waals surface area contributed by atoms with E-state index >= 15 is 0 Å². The molecule has 0 radical (unpaired) electrons. The molecule has 1 aromatic rings. The molecule has 0 aliphatic heterocycles. The lowest BCUT2D eigenvalue weighted by atomic mass is 10.1. The zero-order chi connectivity index (χ0) is 14.1. The van der Waals surface area contributed by atoms with Gasteiger partial charge in [-0.3, -0.25) is 0 Å². The lowest BCUT2D eigenvalue weighted by Gasteiger charge is -2.22. The molecule has 0 aliphatic carbocycles. The Morgan fingerprint density at radius 2 is 1.63 bits per heavy atom. The summed E-state index contributed by atoms with van der Waals surface area (Å²) < 4.78 is 23.5. The fraction of sp³-hybridized carbons (Fsp3) is 0.571. The van der Waals surface area contributed by atoms with Gasteiger partial charge in [0.15, 0.2) is 0 Å². The highest BCUT2D eigenvalue weighted by molar-refractivity contribution is 6.59. The van der Waals surface area contributed by atoms with Crippen LogP contribution >= 0.6 is 0 Å². The third-order valence-electron chi connectivity index (χ3n) is 2.86. The Bertz CT molecular complexity index is 350. The molecule has 0 heterocycles. The van der Waals surface area contributed by atoms with Crippen LogP contribution in [0.25, 0.3) is 0 Å². The van der Waals surface area contributed by atoms with Gasteiger partial charge >= 0.3 is 8.80 Å². The van der Waals surface area contributed by atoms with Crippen LogP contribution < -0.4 is 0 Å². The molecule has 108 valence electrons. The van der Waals surface area contributed by atoms with Gasteiger partial charge in [-0.1, -0.05) is 12.1 Å². The summed E-state index contributed by atoms with van der Waals surface area (Å²) in [4.78, 5) is 10.2. The van der Waals surface area contributed by atoms with Crippen LogP contribution in [0.3, 0.4) is 0 Å². The second-order valence-electron chi connectivity index (χ2n) is 4.41. The molecule has 5 heteroatoms. The summed E-state index contributed by atoms with van der Waals surface area (Å²) in [6.45, 7) is 4.66. The highest BCUT2D eigenvalue weighted by Gasteiger charge is 2.35. The maximum Gasteiger partial charge on any atom is 0.498 e. The zero-order valence-corrected chi connectivity index (χ0v) is 12.7. The molecule has 0 amide bonds. The van der Waals surface area contributed by atoms with E-state index < -0.39 is 8.80 Å². The molecule has 0 atom stereocenters. The van der Waals surface area contributed by atoms with Crippen LogP contribution in [-0.2, 0) is 15.3 Å². The van der Waals surface area contributed by atoms with Gasteiger partial charge in [0.1, 0.15) is 5.82 Å². The average molecular weight is 286 g/mol. The Labute approximate surface area is 115 Å². The second kappa shape index (κ2) is 8.42. The first kappa shape index (κ1) is 16.3. The predicted octanol–water partition coefficient (Wildman–Crippen LogP) is 3.15. The Kier molecular flexibility index (Phi) is 7.23. The van der Waals surface area contributed by atoms with Crippen molar-refractivity contribution in [3.8, 4) is 0 Å². The Hall–Kier alpha value is -0.753. The van der Waals surface area contributed by atoms with Crippen molar-refractivity contribution in [3.63, 3.8) is 0 Å². The lowest BCUT2D eigenvalue weighted by molar-refractivity contribution is 0.107. The summed E-state index contributed by atoms with van der Waals surface area (Å²) in [5, 5.41) is 0. The summed E-state index contributed by atoms with van der Waals surface area (Å²) in [5.74, 6) is -0.210. The molecule has 0 bridgehead atoms. The van der Waals surface area contributed by atoms with E-state index in [1.54, 1.807) is 12.1 Å². The standard InChI is InChI=1S/C14H23FO3Si/c1-3-17-19(16,18-4-2)12-6-5-7-13-8-10-14(15)11-9-13/h8-11,16H,3-7,12H2,1-2H3. The molecule has 0 fully saturated rings. The molecular formula is C14H23FO3Si. The summed E-state index contributed by atoms with van der Waals surface area (Å²) in [6.07, 6.45) is 2.66. The van der Waals surface area contributed by atoms with Crippen LogP contribution in [0.15, 0.2) is 24.3 Å². The van der Waals surface area contributed by atoms with Gasteiger partial charge in [-0.15, -0.1) is 0 Å². The van der Waals surface area contributed by atoms with Gasteiger partial charge in [0, 0.05) is 19.3 Å². The monoisotopic (exact) mass is 286 g/mol. The van der Waals surface area contributed by atoms with Gasteiger partial charge in [-0.2, -0.15) is 0 Å². The number of aryl methyl sites for hydroxylation is 1. The molecule has 0 saturated carbocycles. The maximum atomic E-state index is 12.7. The average Bonchev–Trinajstić information content (AvgIpc) is 2.37. The molecule has 1 rings (SSSR count). The molecule has 1 aromatic carbocycles. The number of rotatable bonds is 9. The third kappa shape index (κ3) is 6.29. The number of benzene rings is 1. The third-order valence-corrected chi connectivity index (χ3v) is 5.33. The summed E-state index contributed by atoms with van der Waals surface area (Å²) in [7, 11) is -2.96. The SMILES string of the molecule is CCO[Si](O)(CCCCc1ccc(F)cc1)OCC. The Morgan fingerprint density at radius 1 is 1.05 bits per heavy atom. The first-order valence-electron chi connectivity index (χ1n) is 6.84. The van der Waals surface area contributed by atoms with Gasteiger partial charge in [0.25, 0.3) is 0 Å². The van der Waals surface area contributed by atoms with Crippen molar-refractivity contribution in [2.75, 3.05) is 13.2 Å². The largest absolute Gasteiger partial charge is 0.498 e. The van der Waals surface area contributed by atoms with Gasteiger partial charge in [0.05, 0.1) is 0 Å². The fourth-order valence-corrected chi connectivity index (χ4v) is 3.94. The highest BCUT2D eigenvalue weighted by atomic mass is 28.4. The van der Waals surface area contributed by atoms with Crippen LogP contribution in [0.4, 0.5) is 4.39 Å². The molecule has 0 aliphatic rings.